The van der Waals surface area contributed by atoms with E-state index in [9.17, 15) is 22.8 Å². The normalized spacial score (nSPS) is 16.5. The summed E-state index contributed by atoms with van der Waals surface area (Å²) >= 11 is 1.25. The number of piperazine rings is 1. The molecule has 1 aliphatic rings. The summed E-state index contributed by atoms with van der Waals surface area (Å²) < 4.78 is 45.5. The van der Waals surface area contributed by atoms with E-state index in [2.05, 4.69) is 20.1 Å². The van der Waals surface area contributed by atoms with Crippen LogP contribution in [0.15, 0.2) is 10.6 Å². The highest BCUT2D eigenvalue weighted by Crippen LogP contribution is 2.16. The molecule has 0 saturated carbocycles. The van der Waals surface area contributed by atoms with Crippen molar-refractivity contribution >= 4 is 29.4 Å². The number of hydrogen-bond acceptors (Lipinski definition) is 7. The zero-order valence-electron chi connectivity index (χ0n) is 17.0. The van der Waals surface area contributed by atoms with Crippen molar-refractivity contribution in [2.24, 2.45) is 0 Å². The van der Waals surface area contributed by atoms with Crippen molar-refractivity contribution < 1.29 is 32.0 Å². The molecule has 0 radical (unpaired) electrons. The highest BCUT2D eigenvalue weighted by Gasteiger charge is 2.27. The van der Waals surface area contributed by atoms with Gasteiger partial charge in [-0.2, -0.15) is 13.2 Å². The van der Waals surface area contributed by atoms with E-state index in [0.29, 0.717) is 50.7 Å². The van der Waals surface area contributed by atoms with Gasteiger partial charge in [0.1, 0.15) is 12.4 Å². The second kappa shape index (κ2) is 11.6. The maximum atomic E-state index is 12.4. The van der Waals surface area contributed by atoms with Crippen molar-refractivity contribution in [1.29, 1.82) is 0 Å². The highest BCUT2D eigenvalue weighted by molar-refractivity contribution is 8.01. The van der Waals surface area contributed by atoms with Gasteiger partial charge in [-0.1, -0.05) is 5.16 Å². The topological polar surface area (TPSA) is 87.9 Å². The van der Waals surface area contributed by atoms with Crippen LogP contribution in [0.3, 0.4) is 0 Å². The molecule has 1 atom stereocenters. The summed E-state index contributed by atoms with van der Waals surface area (Å²) in [5.41, 5.74) is 0. The van der Waals surface area contributed by atoms with Gasteiger partial charge < -0.3 is 19.5 Å². The molecule has 0 aliphatic carbocycles. The molecule has 170 valence electrons. The number of nitrogens with one attached hydrogen (secondary N) is 1. The molecule has 30 heavy (non-hydrogen) atoms. The fraction of sp³-hybridized carbons (Fsp3) is 0.722. The van der Waals surface area contributed by atoms with Crippen LogP contribution in [0.4, 0.5) is 19.0 Å². The number of aryl methyl sites for hydroxylation is 1. The lowest BCUT2D eigenvalue weighted by molar-refractivity contribution is -0.174. The number of aromatic nitrogens is 1. The van der Waals surface area contributed by atoms with Crippen LogP contribution in [-0.2, 0) is 14.3 Å². The summed E-state index contributed by atoms with van der Waals surface area (Å²) in [7, 11) is 0. The Morgan fingerprint density at radius 3 is 2.63 bits per heavy atom. The summed E-state index contributed by atoms with van der Waals surface area (Å²) in [6.07, 6.45) is -3.78. The zero-order chi connectivity index (χ0) is 22.1. The van der Waals surface area contributed by atoms with Crippen molar-refractivity contribution in [3.05, 3.63) is 11.8 Å². The molecular weight excluding hydrogens is 425 g/mol. The predicted octanol–water partition coefficient (Wildman–Crippen LogP) is 2.16. The van der Waals surface area contributed by atoms with Crippen molar-refractivity contribution in [2.45, 2.75) is 31.7 Å². The molecule has 1 aromatic heterocycles. The first-order valence-corrected chi connectivity index (χ1v) is 10.7. The summed E-state index contributed by atoms with van der Waals surface area (Å²) in [4.78, 5) is 28.4. The molecule has 0 spiro atoms. The van der Waals surface area contributed by atoms with Gasteiger partial charge >= 0.3 is 6.18 Å². The Morgan fingerprint density at radius 2 is 2.03 bits per heavy atom. The van der Waals surface area contributed by atoms with Crippen LogP contribution >= 0.6 is 11.8 Å². The van der Waals surface area contributed by atoms with Gasteiger partial charge in [0.2, 0.25) is 11.8 Å². The molecule has 1 aliphatic heterocycles. The van der Waals surface area contributed by atoms with Crippen LogP contribution in [0.1, 0.15) is 19.1 Å². The number of nitrogens with zero attached hydrogens (tertiary/aromatic N) is 3. The van der Waals surface area contributed by atoms with Crippen molar-refractivity contribution in [2.75, 3.05) is 57.0 Å². The fourth-order valence-corrected chi connectivity index (χ4v) is 3.60. The van der Waals surface area contributed by atoms with Gasteiger partial charge in [0, 0.05) is 45.4 Å². The lowest BCUT2D eigenvalue weighted by Crippen LogP contribution is -2.49. The number of carbonyl (C=O) groups is 2. The largest absolute Gasteiger partial charge is 0.411 e. The minimum absolute atomic E-state index is 0.0370. The molecular formula is C18H27F3N4O4S. The van der Waals surface area contributed by atoms with E-state index in [-0.39, 0.29) is 24.2 Å². The van der Waals surface area contributed by atoms with E-state index < -0.39 is 18.0 Å². The molecule has 1 N–H and O–H groups in total. The molecule has 1 aromatic rings. The molecule has 2 amide bonds. The van der Waals surface area contributed by atoms with Crippen LogP contribution in [0.5, 0.6) is 0 Å². The number of anilines is 1. The second-order valence-corrected chi connectivity index (χ2v) is 8.34. The summed E-state index contributed by atoms with van der Waals surface area (Å²) in [5, 5.41) is 5.91. The van der Waals surface area contributed by atoms with Crippen molar-refractivity contribution in [3.8, 4) is 0 Å². The molecule has 1 fully saturated rings. The molecule has 8 nitrogen and oxygen atoms in total. The third-order valence-electron chi connectivity index (χ3n) is 4.46. The van der Waals surface area contributed by atoms with Gasteiger partial charge in [-0.25, -0.2) is 0 Å². The first kappa shape index (κ1) is 24.5. The number of amides is 2. The molecule has 12 heteroatoms. The molecule has 1 saturated heterocycles. The van der Waals surface area contributed by atoms with Crippen LogP contribution in [-0.4, -0.2) is 89.9 Å². The number of ether oxygens (including phenoxy) is 1. The minimum atomic E-state index is -4.29. The van der Waals surface area contributed by atoms with E-state index in [1.807, 2.05) is 0 Å². The third kappa shape index (κ3) is 8.92. The van der Waals surface area contributed by atoms with Gasteiger partial charge in [-0.3, -0.25) is 14.5 Å². The Balaban J connectivity index is 1.59. The number of rotatable bonds is 10. The Kier molecular flexibility index (Phi) is 9.43. The van der Waals surface area contributed by atoms with Crippen molar-refractivity contribution in [3.63, 3.8) is 0 Å². The standard InChI is InChI=1S/C18H27F3N4O4S/c1-13-10-15(23-29-13)22-17(27)14(2)30-11-16(26)25-7-5-24(6-8-25)4-3-9-28-12-18(19,20)21/h10,14H,3-9,11-12H2,1-2H3,(H,22,23,27). The maximum Gasteiger partial charge on any atom is 0.411 e. The average molecular weight is 452 g/mol. The van der Waals surface area contributed by atoms with Crippen LogP contribution in [0.25, 0.3) is 0 Å². The van der Waals surface area contributed by atoms with E-state index >= 15 is 0 Å². The van der Waals surface area contributed by atoms with Crippen LogP contribution < -0.4 is 5.32 Å². The summed E-state index contributed by atoms with van der Waals surface area (Å²) in [6.45, 7) is 5.36. The smallest absolute Gasteiger partial charge is 0.372 e. The lowest BCUT2D eigenvalue weighted by Gasteiger charge is -2.34. The summed E-state index contributed by atoms with van der Waals surface area (Å²) in [5.74, 6) is 0.839. The predicted molar refractivity (Wildman–Crippen MR) is 106 cm³/mol. The van der Waals surface area contributed by atoms with E-state index in [4.69, 9.17) is 4.52 Å². The quantitative estimate of drug-likeness (QED) is 0.545. The summed E-state index contributed by atoms with van der Waals surface area (Å²) in [6, 6.07) is 1.61. The number of alkyl halides is 3. The highest BCUT2D eigenvalue weighted by atomic mass is 32.2. The maximum absolute atomic E-state index is 12.4. The molecule has 1 unspecified atom stereocenters. The van der Waals surface area contributed by atoms with Gasteiger partial charge in [-0.15, -0.1) is 11.8 Å². The first-order chi connectivity index (χ1) is 14.1. The van der Waals surface area contributed by atoms with E-state index in [1.165, 1.54) is 11.8 Å². The second-order valence-electron chi connectivity index (χ2n) is 7.01. The Labute approximate surface area is 177 Å². The van der Waals surface area contributed by atoms with E-state index in [1.54, 1.807) is 24.8 Å². The van der Waals surface area contributed by atoms with Crippen LogP contribution in [0.2, 0.25) is 0 Å². The van der Waals surface area contributed by atoms with Gasteiger partial charge in [0.05, 0.1) is 11.0 Å². The number of thioether (sulfide) groups is 1. The molecule has 0 bridgehead atoms. The van der Waals surface area contributed by atoms with Crippen molar-refractivity contribution in [1.82, 2.24) is 15.0 Å². The Hall–Kier alpha value is -1.79. The monoisotopic (exact) mass is 452 g/mol. The van der Waals surface area contributed by atoms with Gasteiger partial charge in [-0.05, 0) is 20.3 Å². The number of halogens is 3. The zero-order valence-corrected chi connectivity index (χ0v) is 17.9. The lowest BCUT2D eigenvalue weighted by atomic mass is 10.3. The molecule has 2 heterocycles. The Bertz CT molecular complexity index is 693. The first-order valence-electron chi connectivity index (χ1n) is 9.64. The SMILES string of the molecule is Cc1cc(NC(=O)C(C)SCC(=O)N2CCN(CCCOCC(F)(F)F)CC2)no1. The molecule has 2 rings (SSSR count). The number of carbonyl (C=O) groups excluding carboxylic acids is 2. The van der Waals surface area contributed by atoms with Gasteiger partial charge in [0.15, 0.2) is 5.82 Å². The molecule has 0 aromatic carbocycles. The minimum Gasteiger partial charge on any atom is -0.372 e. The van der Waals surface area contributed by atoms with Crippen LogP contribution in [0, 0.1) is 6.92 Å². The Morgan fingerprint density at radius 1 is 1.33 bits per heavy atom. The average Bonchev–Trinajstić information content (AvgIpc) is 3.09. The number of hydrogen-bond donors (Lipinski definition) is 1. The van der Waals surface area contributed by atoms with Gasteiger partial charge in [0.25, 0.3) is 0 Å². The third-order valence-corrected chi connectivity index (χ3v) is 5.59. The van der Waals surface area contributed by atoms with E-state index in [0.717, 1.165) is 0 Å². The fourth-order valence-electron chi connectivity index (χ4n) is 2.82.